The molecule has 2 N–H and O–H groups in total. The maximum atomic E-state index is 6.18. The van der Waals surface area contributed by atoms with E-state index in [-0.39, 0.29) is 6.10 Å². The van der Waals surface area contributed by atoms with E-state index in [1.54, 1.807) is 11.3 Å². The molecule has 1 aliphatic heterocycles. The Morgan fingerprint density at radius 2 is 1.96 bits per heavy atom. The number of nitrogens with two attached hydrogens (primary N) is 1. The Hall–Kier alpha value is -2.28. The molecule has 0 aliphatic carbocycles. The predicted octanol–water partition coefficient (Wildman–Crippen LogP) is 2.61. The molecule has 0 radical (unpaired) electrons. The van der Waals surface area contributed by atoms with Crippen LogP contribution in [0.25, 0.3) is 0 Å². The smallest absolute Gasteiger partial charge is 0.191 e. The number of hydrogen-bond donors (Lipinski definition) is 1. The van der Waals surface area contributed by atoms with E-state index < -0.39 is 0 Å². The van der Waals surface area contributed by atoms with Gasteiger partial charge >= 0.3 is 0 Å². The standard InChI is InChI=1S/C19H27N5OS/c1-15(2)25-17-5-3-16(4-6-17)7-8-21-18(20)23-10-12-24(13-11-23)19-22-9-14-26-19/h3-6,9,14-15H,7-8,10-13H2,1-2H3,(H2,20,21). The predicted molar refractivity (Wildman–Crippen MR) is 108 cm³/mol. The maximum Gasteiger partial charge on any atom is 0.191 e. The molecule has 2 aromatic rings. The SMILES string of the molecule is CC(C)Oc1ccc(CCN=C(N)N2CCN(c3nccs3)CC2)cc1. The molecule has 0 amide bonds. The molecule has 1 saturated heterocycles. The number of aromatic nitrogens is 1. The van der Waals surface area contributed by atoms with Gasteiger partial charge in [-0.3, -0.25) is 4.99 Å². The number of hydrogen-bond acceptors (Lipinski definition) is 5. The van der Waals surface area contributed by atoms with Crippen LogP contribution in [0.5, 0.6) is 5.75 Å². The van der Waals surface area contributed by atoms with Crippen LogP contribution in [0.2, 0.25) is 0 Å². The van der Waals surface area contributed by atoms with Crippen molar-refractivity contribution in [2.75, 3.05) is 37.6 Å². The maximum absolute atomic E-state index is 6.18. The molecular formula is C19H27N5OS. The van der Waals surface area contributed by atoms with Crippen LogP contribution in [0.1, 0.15) is 19.4 Å². The Morgan fingerprint density at radius 3 is 2.58 bits per heavy atom. The topological polar surface area (TPSA) is 67.0 Å². The Kier molecular flexibility index (Phi) is 6.33. The number of anilines is 1. The first-order chi connectivity index (χ1) is 12.6. The van der Waals surface area contributed by atoms with E-state index >= 15 is 0 Å². The molecule has 0 spiro atoms. The summed E-state index contributed by atoms with van der Waals surface area (Å²) in [5.41, 5.74) is 7.42. The van der Waals surface area contributed by atoms with Gasteiger partial charge in [-0.05, 0) is 38.0 Å². The fraction of sp³-hybridized carbons (Fsp3) is 0.474. The summed E-state index contributed by atoms with van der Waals surface area (Å²) in [7, 11) is 0. The first kappa shape index (κ1) is 18.5. The molecule has 1 fully saturated rings. The highest BCUT2D eigenvalue weighted by Gasteiger charge is 2.19. The number of aliphatic imine (C=N–C) groups is 1. The third-order valence-electron chi connectivity index (χ3n) is 4.26. The van der Waals surface area contributed by atoms with E-state index in [9.17, 15) is 0 Å². The van der Waals surface area contributed by atoms with Crippen LogP contribution in [0.4, 0.5) is 5.13 Å². The van der Waals surface area contributed by atoms with Crippen LogP contribution in [-0.4, -0.2) is 54.7 Å². The van der Waals surface area contributed by atoms with Crippen LogP contribution in [-0.2, 0) is 6.42 Å². The molecule has 2 heterocycles. The summed E-state index contributed by atoms with van der Waals surface area (Å²) in [6.07, 6.45) is 2.92. The van der Waals surface area contributed by atoms with Crippen LogP contribution in [0.15, 0.2) is 40.8 Å². The van der Waals surface area contributed by atoms with E-state index in [1.807, 2.05) is 37.6 Å². The highest BCUT2D eigenvalue weighted by molar-refractivity contribution is 7.13. The molecule has 0 unspecified atom stereocenters. The van der Waals surface area contributed by atoms with E-state index in [4.69, 9.17) is 10.5 Å². The molecule has 1 aliphatic rings. The third kappa shape index (κ3) is 5.11. The van der Waals surface area contributed by atoms with Crippen molar-refractivity contribution in [3.05, 3.63) is 41.4 Å². The second-order valence-electron chi connectivity index (χ2n) is 6.59. The zero-order chi connectivity index (χ0) is 18.4. The molecule has 26 heavy (non-hydrogen) atoms. The number of rotatable bonds is 6. The molecule has 0 atom stereocenters. The van der Waals surface area contributed by atoms with Gasteiger partial charge in [-0.25, -0.2) is 4.98 Å². The lowest BCUT2D eigenvalue weighted by Crippen LogP contribution is -2.51. The number of nitrogens with zero attached hydrogens (tertiary/aromatic N) is 4. The minimum Gasteiger partial charge on any atom is -0.491 e. The second-order valence-corrected chi connectivity index (χ2v) is 7.46. The molecule has 3 rings (SSSR count). The lowest BCUT2D eigenvalue weighted by molar-refractivity contribution is 0.242. The summed E-state index contributed by atoms with van der Waals surface area (Å²) >= 11 is 1.68. The van der Waals surface area contributed by atoms with Crippen molar-refractivity contribution >= 4 is 22.4 Å². The number of thiazole rings is 1. The van der Waals surface area contributed by atoms with Crippen molar-refractivity contribution in [3.8, 4) is 5.75 Å². The van der Waals surface area contributed by atoms with E-state index in [1.165, 1.54) is 5.56 Å². The van der Waals surface area contributed by atoms with Crippen LogP contribution < -0.4 is 15.4 Å². The van der Waals surface area contributed by atoms with Crippen LogP contribution in [0.3, 0.4) is 0 Å². The summed E-state index contributed by atoms with van der Waals surface area (Å²) in [4.78, 5) is 13.4. The first-order valence-corrected chi connectivity index (χ1v) is 9.94. The molecule has 1 aromatic carbocycles. The van der Waals surface area contributed by atoms with Gasteiger partial charge in [-0.15, -0.1) is 11.3 Å². The summed E-state index contributed by atoms with van der Waals surface area (Å²) in [6, 6.07) is 8.22. The Balaban J connectivity index is 1.44. The van der Waals surface area contributed by atoms with Crippen molar-refractivity contribution < 1.29 is 4.74 Å². The minimum absolute atomic E-state index is 0.196. The number of piperazine rings is 1. The molecule has 0 bridgehead atoms. The fourth-order valence-corrected chi connectivity index (χ4v) is 3.60. The quantitative estimate of drug-likeness (QED) is 0.623. The first-order valence-electron chi connectivity index (χ1n) is 9.07. The Morgan fingerprint density at radius 1 is 1.23 bits per heavy atom. The molecule has 7 heteroatoms. The fourth-order valence-electron chi connectivity index (χ4n) is 2.91. The van der Waals surface area contributed by atoms with Gasteiger partial charge in [0.25, 0.3) is 0 Å². The molecule has 140 valence electrons. The van der Waals surface area contributed by atoms with Crippen LogP contribution >= 0.6 is 11.3 Å². The summed E-state index contributed by atoms with van der Waals surface area (Å²) in [5.74, 6) is 1.55. The highest BCUT2D eigenvalue weighted by Crippen LogP contribution is 2.19. The van der Waals surface area contributed by atoms with Gasteiger partial charge in [-0.1, -0.05) is 12.1 Å². The summed E-state index contributed by atoms with van der Waals surface area (Å²) in [5, 5.41) is 3.10. The van der Waals surface area contributed by atoms with E-state index in [2.05, 4.69) is 31.9 Å². The minimum atomic E-state index is 0.196. The lowest BCUT2D eigenvalue weighted by Gasteiger charge is -2.35. The number of guanidine groups is 1. The van der Waals surface area contributed by atoms with Gasteiger partial charge in [0.05, 0.1) is 6.10 Å². The Labute approximate surface area is 159 Å². The molecule has 1 aromatic heterocycles. The average molecular weight is 374 g/mol. The van der Waals surface area contributed by atoms with Crippen molar-refractivity contribution in [2.45, 2.75) is 26.4 Å². The monoisotopic (exact) mass is 373 g/mol. The Bertz CT molecular complexity index is 691. The van der Waals surface area contributed by atoms with Gasteiger partial charge in [0.2, 0.25) is 0 Å². The van der Waals surface area contributed by atoms with Gasteiger partial charge < -0.3 is 20.3 Å². The zero-order valence-corrected chi connectivity index (χ0v) is 16.3. The van der Waals surface area contributed by atoms with Gasteiger partial charge in [0.15, 0.2) is 11.1 Å². The van der Waals surface area contributed by atoms with Crippen molar-refractivity contribution in [2.24, 2.45) is 10.7 Å². The van der Waals surface area contributed by atoms with Crippen molar-refractivity contribution in [1.29, 1.82) is 0 Å². The van der Waals surface area contributed by atoms with Crippen LogP contribution in [0, 0.1) is 0 Å². The molecule has 6 nitrogen and oxygen atoms in total. The van der Waals surface area contributed by atoms with Gasteiger partial charge in [0.1, 0.15) is 5.75 Å². The van der Waals surface area contributed by atoms with Crippen molar-refractivity contribution in [3.63, 3.8) is 0 Å². The normalized spacial score (nSPS) is 15.6. The second kappa shape index (κ2) is 8.89. The number of benzene rings is 1. The van der Waals surface area contributed by atoms with E-state index in [0.29, 0.717) is 12.5 Å². The van der Waals surface area contributed by atoms with E-state index in [0.717, 1.165) is 43.5 Å². The highest BCUT2D eigenvalue weighted by atomic mass is 32.1. The largest absolute Gasteiger partial charge is 0.491 e. The molecule has 0 saturated carbocycles. The van der Waals surface area contributed by atoms with Crippen molar-refractivity contribution in [1.82, 2.24) is 9.88 Å². The summed E-state index contributed by atoms with van der Waals surface area (Å²) < 4.78 is 5.66. The zero-order valence-electron chi connectivity index (χ0n) is 15.5. The average Bonchev–Trinajstić information content (AvgIpc) is 3.17. The third-order valence-corrected chi connectivity index (χ3v) is 5.10. The van der Waals surface area contributed by atoms with Gasteiger partial charge in [-0.2, -0.15) is 0 Å². The number of ether oxygens (including phenoxy) is 1. The van der Waals surface area contributed by atoms with Gasteiger partial charge in [0, 0.05) is 44.3 Å². The molecular weight excluding hydrogens is 346 g/mol. The summed E-state index contributed by atoms with van der Waals surface area (Å²) in [6.45, 7) is 8.39. The lowest BCUT2D eigenvalue weighted by atomic mass is 10.1.